The number of amides is 2. The highest BCUT2D eigenvalue weighted by Gasteiger charge is 2.36. The quantitative estimate of drug-likeness (QED) is 0.788. The van der Waals surface area contributed by atoms with Crippen molar-refractivity contribution in [3.8, 4) is 0 Å². The predicted molar refractivity (Wildman–Crippen MR) is 112 cm³/mol. The summed E-state index contributed by atoms with van der Waals surface area (Å²) in [6.07, 6.45) is 0.0877. The predicted octanol–water partition coefficient (Wildman–Crippen LogP) is 3.46. The number of carbonyl (C=O) groups is 3. The number of ether oxygens (including phenoxy) is 1. The summed E-state index contributed by atoms with van der Waals surface area (Å²) in [5, 5.41) is 2.74. The van der Waals surface area contributed by atoms with Crippen LogP contribution < -0.4 is 10.2 Å². The molecule has 29 heavy (non-hydrogen) atoms. The molecule has 6 heteroatoms. The van der Waals surface area contributed by atoms with Gasteiger partial charge in [0.2, 0.25) is 5.91 Å². The van der Waals surface area contributed by atoms with E-state index in [0.717, 1.165) is 27.9 Å². The summed E-state index contributed by atoms with van der Waals surface area (Å²) in [7, 11) is 0. The zero-order valence-electron chi connectivity index (χ0n) is 17.2. The van der Waals surface area contributed by atoms with Gasteiger partial charge in [-0.3, -0.25) is 14.4 Å². The summed E-state index contributed by atoms with van der Waals surface area (Å²) in [5.41, 5.74) is 5.74. The van der Waals surface area contributed by atoms with E-state index in [9.17, 15) is 14.4 Å². The first-order chi connectivity index (χ1) is 13.7. The number of carbonyl (C=O) groups excluding carboxylic acids is 3. The van der Waals surface area contributed by atoms with E-state index in [1.165, 1.54) is 0 Å². The molecule has 1 aliphatic heterocycles. The molecule has 3 rings (SSSR count). The first-order valence-electron chi connectivity index (χ1n) is 9.66. The van der Waals surface area contributed by atoms with E-state index in [4.69, 9.17) is 4.74 Å². The highest BCUT2D eigenvalue weighted by molar-refractivity contribution is 6.00. The van der Waals surface area contributed by atoms with Gasteiger partial charge in [0.15, 0.2) is 6.61 Å². The van der Waals surface area contributed by atoms with Gasteiger partial charge in [-0.25, -0.2) is 0 Å². The van der Waals surface area contributed by atoms with Crippen molar-refractivity contribution in [2.24, 2.45) is 5.92 Å². The van der Waals surface area contributed by atoms with Gasteiger partial charge in [-0.1, -0.05) is 23.8 Å². The lowest BCUT2D eigenvalue weighted by Crippen LogP contribution is -2.28. The first kappa shape index (κ1) is 20.6. The number of aryl methyl sites for hydroxylation is 4. The van der Waals surface area contributed by atoms with Crippen molar-refractivity contribution in [3.05, 3.63) is 58.7 Å². The third kappa shape index (κ3) is 4.83. The minimum absolute atomic E-state index is 0.0877. The van der Waals surface area contributed by atoms with Crippen LogP contribution in [0.5, 0.6) is 0 Å². The molecule has 0 bridgehead atoms. The number of benzene rings is 2. The van der Waals surface area contributed by atoms with Crippen molar-refractivity contribution in [3.63, 3.8) is 0 Å². The van der Waals surface area contributed by atoms with Crippen LogP contribution in [0.4, 0.5) is 11.4 Å². The molecule has 0 saturated carbocycles. The molecule has 2 amide bonds. The molecule has 1 heterocycles. The van der Waals surface area contributed by atoms with E-state index in [1.54, 1.807) is 4.90 Å². The maximum atomic E-state index is 12.4. The van der Waals surface area contributed by atoms with Crippen molar-refractivity contribution < 1.29 is 19.1 Å². The third-order valence-corrected chi connectivity index (χ3v) is 5.26. The zero-order valence-corrected chi connectivity index (χ0v) is 17.2. The molecule has 1 saturated heterocycles. The molecular formula is C23H26N2O4. The second-order valence-corrected chi connectivity index (χ2v) is 7.65. The number of nitrogens with zero attached hydrogens (tertiary/aromatic N) is 1. The highest BCUT2D eigenvalue weighted by Crippen LogP contribution is 2.27. The molecule has 0 aromatic heterocycles. The minimum Gasteiger partial charge on any atom is -0.455 e. The molecular weight excluding hydrogens is 368 g/mol. The molecule has 0 unspecified atom stereocenters. The summed E-state index contributed by atoms with van der Waals surface area (Å²) < 4.78 is 5.17. The van der Waals surface area contributed by atoms with Crippen LogP contribution in [0.15, 0.2) is 36.4 Å². The minimum atomic E-state index is -0.571. The largest absolute Gasteiger partial charge is 0.455 e. The van der Waals surface area contributed by atoms with Crippen LogP contribution in [0, 0.1) is 33.6 Å². The Labute approximate surface area is 170 Å². The second kappa shape index (κ2) is 8.47. The van der Waals surface area contributed by atoms with Crippen LogP contribution in [-0.2, 0) is 19.1 Å². The molecule has 0 radical (unpaired) electrons. The number of anilines is 2. The van der Waals surface area contributed by atoms with Crippen molar-refractivity contribution in [2.75, 3.05) is 23.4 Å². The summed E-state index contributed by atoms with van der Waals surface area (Å²) in [6.45, 7) is 7.76. The highest BCUT2D eigenvalue weighted by atomic mass is 16.5. The van der Waals surface area contributed by atoms with E-state index in [2.05, 4.69) is 5.32 Å². The Kier molecular flexibility index (Phi) is 6.01. The maximum Gasteiger partial charge on any atom is 0.311 e. The Morgan fingerprint density at radius 1 is 1.03 bits per heavy atom. The average molecular weight is 394 g/mol. The van der Waals surface area contributed by atoms with Gasteiger partial charge in [0.1, 0.15) is 0 Å². The monoisotopic (exact) mass is 394 g/mol. The fraction of sp³-hybridized carbons (Fsp3) is 0.348. The lowest BCUT2D eigenvalue weighted by molar-refractivity contribution is -0.151. The topological polar surface area (TPSA) is 75.7 Å². The van der Waals surface area contributed by atoms with Gasteiger partial charge in [0.05, 0.1) is 5.92 Å². The van der Waals surface area contributed by atoms with Crippen molar-refractivity contribution in [2.45, 2.75) is 34.1 Å². The molecule has 1 fully saturated rings. The Morgan fingerprint density at radius 3 is 2.48 bits per heavy atom. The molecule has 0 spiro atoms. The standard InChI is InChI=1S/C23H26N2O4/c1-14-5-8-20(17(4)9-14)24-21(26)13-29-23(28)18-11-22(27)25(12-18)19-7-6-15(2)16(3)10-19/h5-10,18H,11-13H2,1-4H3,(H,24,26)/t18-/m0/s1. The molecule has 2 aromatic rings. The van der Waals surface area contributed by atoms with Gasteiger partial charge in [0.25, 0.3) is 5.91 Å². The Balaban J connectivity index is 1.55. The van der Waals surface area contributed by atoms with Gasteiger partial charge < -0.3 is 15.0 Å². The van der Waals surface area contributed by atoms with Gasteiger partial charge in [-0.15, -0.1) is 0 Å². The van der Waals surface area contributed by atoms with Crippen LogP contribution in [-0.4, -0.2) is 30.9 Å². The molecule has 6 nitrogen and oxygen atoms in total. The summed E-state index contributed by atoms with van der Waals surface area (Å²) in [6, 6.07) is 11.5. The van der Waals surface area contributed by atoms with Gasteiger partial charge in [-0.05, 0) is 62.6 Å². The Morgan fingerprint density at radius 2 is 1.79 bits per heavy atom. The molecule has 0 aliphatic carbocycles. The fourth-order valence-corrected chi connectivity index (χ4v) is 3.40. The Bertz CT molecular complexity index is 967. The van der Waals surface area contributed by atoms with E-state index in [-0.39, 0.29) is 25.5 Å². The van der Waals surface area contributed by atoms with Gasteiger partial charge in [-0.2, -0.15) is 0 Å². The Hall–Kier alpha value is -3.15. The van der Waals surface area contributed by atoms with Crippen LogP contribution >= 0.6 is 0 Å². The third-order valence-electron chi connectivity index (χ3n) is 5.26. The first-order valence-corrected chi connectivity index (χ1v) is 9.66. The number of rotatable bonds is 5. The van der Waals surface area contributed by atoms with Crippen LogP contribution in [0.25, 0.3) is 0 Å². The number of hydrogen-bond donors (Lipinski definition) is 1. The van der Waals surface area contributed by atoms with E-state index in [1.807, 2.05) is 64.1 Å². The molecule has 1 atom stereocenters. The lowest BCUT2D eigenvalue weighted by Gasteiger charge is -2.18. The van der Waals surface area contributed by atoms with Crippen LogP contribution in [0.2, 0.25) is 0 Å². The fourth-order valence-electron chi connectivity index (χ4n) is 3.40. The van der Waals surface area contributed by atoms with E-state index >= 15 is 0 Å². The zero-order chi connectivity index (χ0) is 21.1. The van der Waals surface area contributed by atoms with Crippen molar-refractivity contribution >= 4 is 29.2 Å². The lowest BCUT2D eigenvalue weighted by atomic mass is 10.1. The summed E-state index contributed by atoms with van der Waals surface area (Å²) >= 11 is 0. The van der Waals surface area contributed by atoms with Gasteiger partial charge in [0, 0.05) is 24.3 Å². The maximum absolute atomic E-state index is 12.4. The molecule has 2 aromatic carbocycles. The normalized spacial score (nSPS) is 16.1. The number of nitrogens with one attached hydrogen (secondary N) is 1. The van der Waals surface area contributed by atoms with Crippen molar-refractivity contribution in [1.29, 1.82) is 0 Å². The van der Waals surface area contributed by atoms with E-state index < -0.39 is 17.8 Å². The van der Waals surface area contributed by atoms with Gasteiger partial charge >= 0.3 is 5.97 Å². The molecule has 1 aliphatic rings. The van der Waals surface area contributed by atoms with E-state index in [0.29, 0.717) is 5.69 Å². The summed E-state index contributed by atoms with van der Waals surface area (Å²) in [5.74, 6) is -1.62. The average Bonchev–Trinajstić information content (AvgIpc) is 3.06. The second-order valence-electron chi connectivity index (χ2n) is 7.65. The molecule has 152 valence electrons. The number of esters is 1. The SMILES string of the molecule is Cc1ccc(NC(=O)COC(=O)[C@H]2CC(=O)N(c3ccc(C)c(C)c3)C2)c(C)c1. The smallest absolute Gasteiger partial charge is 0.311 e. The van der Waals surface area contributed by atoms with Crippen LogP contribution in [0.1, 0.15) is 28.7 Å². The summed E-state index contributed by atoms with van der Waals surface area (Å²) in [4.78, 5) is 38.5. The number of hydrogen-bond acceptors (Lipinski definition) is 4. The van der Waals surface area contributed by atoms with Crippen LogP contribution in [0.3, 0.4) is 0 Å². The molecule has 1 N–H and O–H groups in total. The van der Waals surface area contributed by atoms with Crippen molar-refractivity contribution in [1.82, 2.24) is 0 Å².